The van der Waals surface area contributed by atoms with E-state index in [1.807, 2.05) is 31.2 Å². The predicted molar refractivity (Wildman–Crippen MR) is 125 cm³/mol. The van der Waals surface area contributed by atoms with Gasteiger partial charge in [0, 0.05) is 11.6 Å². The topological polar surface area (TPSA) is 97.1 Å². The van der Waals surface area contributed by atoms with Gasteiger partial charge in [0.05, 0.1) is 22.0 Å². The number of carboxylic acids is 1. The second-order valence-corrected chi connectivity index (χ2v) is 8.60. The van der Waals surface area contributed by atoms with Crippen LogP contribution in [0.15, 0.2) is 63.9 Å². The molecule has 1 N–H and O–H groups in total. The van der Waals surface area contributed by atoms with Gasteiger partial charge >= 0.3 is 5.97 Å². The summed E-state index contributed by atoms with van der Waals surface area (Å²) < 4.78 is 11.4. The summed E-state index contributed by atoms with van der Waals surface area (Å²) in [5.74, 6) is -0.0238. The van der Waals surface area contributed by atoms with E-state index in [9.17, 15) is 14.4 Å². The summed E-state index contributed by atoms with van der Waals surface area (Å²) in [6.45, 7) is 2.27. The van der Waals surface area contributed by atoms with Gasteiger partial charge in [0.25, 0.3) is 11.1 Å². The van der Waals surface area contributed by atoms with Gasteiger partial charge in [-0.2, -0.15) is 0 Å². The molecular formula is C24H18ClNO6S. The monoisotopic (exact) mass is 483 g/mol. The molecule has 4 rings (SSSR count). The highest BCUT2D eigenvalue weighted by molar-refractivity contribution is 8.18. The van der Waals surface area contributed by atoms with Crippen LogP contribution in [0.1, 0.15) is 21.7 Å². The van der Waals surface area contributed by atoms with Crippen molar-refractivity contribution in [2.45, 2.75) is 6.92 Å². The Morgan fingerprint density at radius 2 is 2.00 bits per heavy atom. The number of halogens is 1. The van der Waals surface area contributed by atoms with E-state index in [-0.39, 0.29) is 33.9 Å². The zero-order valence-electron chi connectivity index (χ0n) is 17.4. The Labute approximate surface area is 198 Å². The van der Waals surface area contributed by atoms with E-state index in [1.165, 1.54) is 18.2 Å². The number of rotatable bonds is 7. The maximum absolute atomic E-state index is 12.7. The van der Waals surface area contributed by atoms with Crippen LogP contribution in [0.4, 0.5) is 4.79 Å². The van der Waals surface area contributed by atoms with Gasteiger partial charge in [0.1, 0.15) is 23.9 Å². The molecule has 2 aromatic carbocycles. The first-order valence-electron chi connectivity index (χ1n) is 9.90. The van der Waals surface area contributed by atoms with Crippen molar-refractivity contribution in [3.63, 3.8) is 0 Å². The molecule has 9 heteroatoms. The number of aryl methyl sites for hydroxylation is 1. The lowest BCUT2D eigenvalue weighted by molar-refractivity contribution is -0.123. The van der Waals surface area contributed by atoms with E-state index < -0.39 is 11.9 Å². The molecule has 0 saturated carbocycles. The van der Waals surface area contributed by atoms with Crippen LogP contribution in [0.2, 0.25) is 5.02 Å². The number of benzene rings is 2. The zero-order valence-corrected chi connectivity index (χ0v) is 19.0. The van der Waals surface area contributed by atoms with Crippen molar-refractivity contribution in [2.24, 2.45) is 0 Å². The van der Waals surface area contributed by atoms with Crippen molar-refractivity contribution in [3.8, 4) is 17.1 Å². The average Bonchev–Trinajstić information content (AvgIpc) is 3.33. The lowest BCUT2D eigenvalue weighted by atomic mass is 10.1. The van der Waals surface area contributed by atoms with Crippen molar-refractivity contribution in [1.82, 2.24) is 4.90 Å². The Kier molecular flexibility index (Phi) is 6.57. The first kappa shape index (κ1) is 22.7. The number of thioether (sulfide) groups is 1. The Hall–Kier alpha value is -3.49. The quantitative estimate of drug-likeness (QED) is 0.429. The zero-order chi connectivity index (χ0) is 23.5. The summed E-state index contributed by atoms with van der Waals surface area (Å²) >= 11 is 6.86. The smallest absolute Gasteiger partial charge is 0.337 e. The summed E-state index contributed by atoms with van der Waals surface area (Å²) in [6, 6.07) is 15.3. The molecule has 1 saturated heterocycles. The molecule has 2 heterocycles. The molecule has 168 valence electrons. The van der Waals surface area contributed by atoms with Gasteiger partial charge in [-0.3, -0.25) is 14.5 Å². The van der Waals surface area contributed by atoms with Gasteiger partial charge < -0.3 is 14.3 Å². The third kappa shape index (κ3) is 5.13. The number of carbonyl (C=O) groups is 3. The van der Waals surface area contributed by atoms with E-state index >= 15 is 0 Å². The number of ether oxygens (including phenoxy) is 1. The molecule has 1 aliphatic heterocycles. The van der Waals surface area contributed by atoms with Gasteiger partial charge in [0.2, 0.25) is 0 Å². The number of amides is 2. The van der Waals surface area contributed by atoms with Crippen molar-refractivity contribution < 1.29 is 28.6 Å². The fraction of sp³-hybridized carbons (Fsp3) is 0.125. The maximum Gasteiger partial charge on any atom is 0.337 e. The SMILES string of the molecule is Cc1cccc(OCCN2C(=O)S/C(=C\c3ccc(-c4ccc(C(=O)O)c(Cl)c4)o3)C2=O)c1. The second kappa shape index (κ2) is 9.56. The van der Waals surface area contributed by atoms with E-state index in [4.69, 9.17) is 25.9 Å². The molecule has 3 aromatic rings. The van der Waals surface area contributed by atoms with E-state index in [1.54, 1.807) is 18.2 Å². The van der Waals surface area contributed by atoms with E-state index in [0.29, 0.717) is 22.8 Å². The van der Waals surface area contributed by atoms with Crippen molar-refractivity contribution in [2.75, 3.05) is 13.2 Å². The van der Waals surface area contributed by atoms with Crippen LogP contribution in [0.25, 0.3) is 17.4 Å². The molecule has 1 aromatic heterocycles. The van der Waals surface area contributed by atoms with Crippen LogP contribution in [-0.4, -0.2) is 40.3 Å². The Morgan fingerprint density at radius 1 is 1.18 bits per heavy atom. The minimum atomic E-state index is -1.12. The number of carbonyl (C=O) groups excluding carboxylic acids is 2. The van der Waals surface area contributed by atoms with Crippen LogP contribution in [-0.2, 0) is 4.79 Å². The molecule has 0 aliphatic carbocycles. The van der Waals surface area contributed by atoms with Crippen molar-refractivity contribution >= 4 is 46.6 Å². The van der Waals surface area contributed by atoms with Crippen molar-refractivity contribution in [3.05, 3.63) is 81.4 Å². The molecule has 0 bridgehead atoms. The average molecular weight is 484 g/mol. The van der Waals surface area contributed by atoms with Gasteiger partial charge in [0.15, 0.2) is 0 Å². The molecule has 1 fully saturated rings. The Morgan fingerprint density at radius 3 is 2.73 bits per heavy atom. The molecule has 0 atom stereocenters. The van der Waals surface area contributed by atoms with Crippen LogP contribution in [0, 0.1) is 6.92 Å². The molecule has 7 nitrogen and oxygen atoms in total. The molecule has 0 unspecified atom stereocenters. The second-order valence-electron chi connectivity index (χ2n) is 7.20. The van der Waals surface area contributed by atoms with Gasteiger partial charge in [-0.05, 0) is 60.6 Å². The molecule has 0 radical (unpaired) electrons. The number of nitrogens with zero attached hydrogens (tertiary/aromatic N) is 1. The standard InChI is InChI=1S/C24H18ClNO6S/c1-14-3-2-4-16(11-14)31-10-9-26-22(27)21(33-24(26)30)13-17-6-8-20(32-17)15-5-7-18(23(28)29)19(25)12-15/h2-8,11-13H,9-10H2,1H3,(H,28,29)/b21-13-. The van der Waals surface area contributed by atoms with E-state index in [0.717, 1.165) is 22.2 Å². The number of hydrogen-bond acceptors (Lipinski definition) is 6. The van der Waals surface area contributed by atoms with Crippen molar-refractivity contribution in [1.29, 1.82) is 0 Å². The van der Waals surface area contributed by atoms with Crippen LogP contribution in [0.3, 0.4) is 0 Å². The number of imide groups is 1. The number of furan rings is 1. The van der Waals surface area contributed by atoms with Crippen LogP contribution >= 0.6 is 23.4 Å². The lowest BCUT2D eigenvalue weighted by Gasteiger charge is -2.13. The van der Waals surface area contributed by atoms with Gasteiger partial charge in [-0.15, -0.1) is 0 Å². The summed E-state index contributed by atoms with van der Waals surface area (Å²) in [5.41, 5.74) is 1.64. The summed E-state index contributed by atoms with van der Waals surface area (Å²) in [5, 5.41) is 8.81. The maximum atomic E-state index is 12.7. The number of hydrogen-bond donors (Lipinski definition) is 1. The largest absolute Gasteiger partial charge is 0.492 e. The molecular weight excluding hydrogens is 466 g/mol. The van der Waals surface area contributed by atoms with Crippen LogP contribution < -0.4 is 4.74 Å². The predicted octanol–water partition coefficient (Wildman–Crippen LogP) is 5.72. The fourth-order valence-corrected chi connectivity index (χ4v) is 4.32. The Bertz CT molecular complexity index is 1280. The third-order valence-electron chi connectivity index (χ3n) is 4.83. The summed E-state index contributed by atoms with van der Waals surface area (Å²) in [7, 11) is 0. The molecule has 2 amide bonds. The highest BCUT2D eigenvalue weighted by Gasteiger charge is 2.35. The van der Waals surface area contributed by atoms with Gasteiger partial charge in [-0.1, -0.05) is 29.8 Å². The molecule has 1 aliphatic rings. The lowest BCUT2D eigenvalue weighted by Crippen LogP contribution is -2.32. The van der Waals surface area contributed by atoms with E-state index in [2.05, 4.69) is 0 Å². The Balaban J connectivity index is 1.43. The third-order valence-corrected chi connectivity index (χ3v) is 6.05. The summed E-state index contributed by atoms with van der Waals surface area (Å²) in [4.78, 5) is 37.5. The van der Waals surface area contributed by atoms with Crippen LogP contribution in [0.5, 0.6) is 5.75 Å². The number of carboxylic acid groups (broad SMARTS) is 1. The minimum Gasteiger partial charge on any atom is -0.492 e. The first-order chi connectivity index (χ1) is 15.8. The molecule has 33 heavy (non-hydrogen) atoms. The summed E-state index contributed by atoms with van der Waals surface area (Å²) in [6.07, 6.45) is 1.50. The highest BCUT2D eigenvalue weighted by Crippen LogP contribution is 2.34. The first-order valence-corrected chi connectivity index (χ1v) is 11.1. The highest BCUT2D eigenvalue weighted by atomic mass is 35.5. The fourth-order valence-electron chi connectivity index (χ4n) is 3.21. The minimum absolute atomic E-state index is 0.00718. The number of aromatic carboxylic acids is 1. The van der Waals surface area contributed by atoms with Gasteiger partial charge in [-0.25, -0.2) is 4.79 Å². The molecule has 0 spiro atoms. The normalized spacial score (nSPS) is 14.8.